The van der Waals surface area contributed by atoms with Gasteiger partial charge in [0.1, 0.15) is 0 Å². The second-order valence-electron chi connectivity index (χ2n) is 6.70. The van der Waals surface area contributed by atoms with Gasteiger partial charge >= 0.3 is 0 Å². The number of amides is 1. The molecular formula is C19H26N4O. The van der Waals surface area contributed by atoms with Crippen molar-refractivity contribution in [1.29, 1.82) is 0 Å². The van der Waals surface area contributed by atoms with Gasteiger partial charge in [-0.1, -0.05) is 34.3 Å². The fourth-order valence-electron chi connectivity index (χ4n) is 2.78. The van der Waals surface area contributed by atoms with Crippen molar-refractivity contribution in [3.05, 3.63) is 29.6 Å². The third-order valence-corrected chi connectivity index (χ3v) is 4.89. The molecule has 0 saturated heterocycles. The maximum absolute atomic E-state index is 12.4. The molecule has 1 N–H and O–H groups in total. The Balaban J connectivity index is 0.00000208. The Kier molecular flexibility index (Phi) is 5.28. The monoisotopic (exact) mass is 326 g/mol. The molecule has 2 aromatic rings. The second-order valence-corrected chi connectivity index (χ2v) is 6.70. The Morgan fingerprint density at radius 3 is 2.62 bits per heavy atom. The van der Waals surface area contributed by atoms with E-state index in [2.05, 4.69) is 19.7 Å². The van der Waals surface area contributed by atoms with Crippen molar-refractivity contribution in [3.63, 3.8) is 0 Å². The number of hydrogen-bond donors (Lipinski definition) is 1. The number of carbonyl (C=O) groups excluding carboxylic acids is 1. The molecule has 0 unspecified atom stereocenters. The number of rotatable bonds is 4. The maximum Gasteiger partial charge on any atom is 0.229 e. The lowest BCUT2D eigenvalue weighted by atomic mass is 9.92. The van der Waals surface area contributed by atoms with Gasteiger partial charge in [0.2, 0.25) is 11.9 Å². The van der Waals surface area contributed by atoms with Crippen molar-refractivity contribution in [2.75, 3.05) is 5.32 Å². The molecule has 5 nitrogen and oxygen atoms in total. The molecule has 1 saturated carbocycles. The van der Waals surface area contributed by atoms with Crippen LogP contribution in [0.15, 0.2) is 18.2 Å². The number of carbonyl (C=O) groups is 1. The number of benzene rings is 1. The summed E-state index contributed by atoms with van der Waals surface area (Å²) in [4.78, 5) is 20.5. The minimum Gasteiger partial charge on any atom is -0.308 e. The number of fused-ring (bicyclic) bond motifs is 1. The third kappa shape index (κ3) is 3.14. The van der Waals surface area contributed by atoms with E-state index in [1.54, 1.807) is 6.07 Å². The van der Waals surface area contributed by atoms with Crippen LogP contribution >= 0.6 is 0 Å². The first kappa shape index (κ1) is 18.0. The number of imidazole rings is 1. The van der Waals surface area contributed by atoms with E-state index in [9.17, 15) is 4.79 Å². The molecular weight excluding hydrogens is 300 g/mol. The third-order valence-electron chi connectivity index (χ3n) is 4.89. The highest BCUT2D eigenvalue weighted by Gasteiger charge is 2.26. The van der Waals surface area contributed by atoms with Gasteiger partial charge in [0.25, 0.3) is 0 Å². The molecule has 0 radical (unpaired) electrons. The van der Waals surface area contributed by atoms with Gasteiger partial charge in [0.05, 0.1) is 17.6 Å². The van der Waals surface area contributed by atoms with Crippen LogP contribution in [0.25, 0.3) is 15.9 Å². The molecule has 1 amide bonds. The second kappa shape index (κ2) is 7.04. The molecule has 1 fully saturated rings. The van der Waals surface area contributed by atoms with Crippen LogP contribution in [0.3, 0.4) is 0 Å². The van der Waals surface area contributed by atoms with Crippen LogP contribution < -0.4 is 5.32 Å². The smallest absolute Gasteiger partial charge is 0.229 e. The summed E-state index contributed by atoms with van der Waals surface area (Å²) >= 11 is 0. The summed E-state index contributed by atoms with van der Waals surface area (Å²) in [6.45, 7) is 13.2. The summed E-state index contributed by atoms with van der Waals surface area (Å²) in [5.41, 5.74) is 2.37. The lowest BCUT2D eigenvalue weighted by Crippen LogP contribution is -2.27. The SMILES string of the molecule is C.[C-]#[N+]c1ccc2nc(NC(=O)[C@H](C)C(C)C)n(C3CCC3)c2c1. The fourth-order valence-corrected chi connectivity index (χ4v) is 2.78. The van der Waals surface area contributed by atoms with E-state index in [0.29, 0.717) is 17.7 Å². The molecule has 128 valence electrons. The van der Waals surface area contributed by atoms with E-state index in [0.717, 1.165) is 23.9 Å². The molecule has 0 bridgehead atoms. The van der Waals surface area contributed by atoms with Gasteiger partial charge in [0, 0.05) is 12.0 Å². The number of hydrogen-bond acceptors (Lipinski definition) is 2. The van der Waals surface area contributed by atoms with Crippen LogP contribution in [0.2, 0.25) is 0 Å². The van der Waals surface area contributed by atoms with Crippen molar-refractivity contribution in [3.8, 4) is 0 Å². The van der Waals surface area contributed by atoms with Crippen LogP contribution in [0, 0.1) is 18.4 Å². The van der Waals surface area contributed by atoms with Gasteiger partial charge in [-0.05, 0) is 37.3 Å². The molecule has 0 aliphatic heterocycles. The zero-order valence-corrected chi connectivity index (χ0v) is 13.8. The number of nitrogens with one attached hydrogen (secondary N) is 1. The fraction of sp³-hybridized carbons (Fsp3) is 0.526. The molecule has 5 heteroatoms. The van der Waals surface area contributed by atoms with Crippen LogP contribution in [0.1, 0.15) is 53.5 Å². The average Bonchev–Trinajstić information content (AvgIpc) is 2.82. The summed E-state index contributed by atoms with van der Waals surface area (Å²) in [5.74, 6) is 0.833. The highest BCUT2D eigenvalue weighted by Crippen LogP contribution is 2.38. The standard InChI is InChI=1S/C18H22N4O.CH4/c1-11(2)12(3)17(23)21-18-20-15-9-8-13(19-4)10-16(15)22(18)14-6-5-7-14;/h8-12,14H,5-7H2,1-3H3,(H,20,21,23);1H4/t12-;/m1./s1. The van der Waals surface area contributed by atoms with Gasteiger partial charge in [-0.25, -0.2) is 9.83 Å². The van der Waals surface area contributed by atoms with E-state index in [1.807, 2.05) is 32.9 Å². The van der Waals surface area contributed by atoms with Crippen molar-refractivity contribution >= 4 is 28.6 Å². The Morgan fingerprint density at radius 2 is 2.08 bits per heavy atom. The Hall–Kier alpha value is -2.35. The lowest BCUT2D eigenvalue weighted by Gasteiger charge is -2.29. The zero-order valence-electron chi connectivity index (χ0n) is 13.8. The summed E-state index contributed by atoms with van der Waals surface area (Å²) < 4.78 is 2.11. The summed E-state index contributed by atoms with van der Waals surface area (Å²) in [6, 6.07) is 5.87. The normalized spacial score (nSPS) is 15.5. The van der Waals surface area contributed by atoms with E-state index < -0.39 is 0 Å². The minimum atomic E-state index is -0.0662. The topological polar surface area (TPSA) is 51.3 Å². The van der Waals surface area contributed by atoms with E-state index >= 15 is 0 Å². The predicted octanol–water partition coefficient (Wildman–Crippen LogP) is 5.18. The number of nitrogens with zero attached hydrogens (tertiary/aromatic N) is 3. The Bertz CT molecular complexity index is 780. The molecule has 1 heterocycles. The van der Waals surface area contributed by atoms with Crippen molar-refractivity contribution in [2.24, 2.45) is 11.8 Å². The Labute approximate surface area is 143 Å². The molecule has 1 atom stereocenters. The van der Waals surface area contributed by atoms with Gasteiger partial charge in [-0.15, -0.1) is 0 Å². The highest BCUT2D eigenvalue weighted by molar-refractivity contribution is 5.93. The summed E-state index contributed by atoms with van der Waals surface area (Å²) in [6.07, 6.45) is 3.38. The van der Waals surface area contributed by atoms with E-state index in [4.69, 9.17) is 6.57 Å². The Morgan fingerprint density at radius 1 is 1.38 bits per heavy atom. The van der Waals surface area contributed by atoms with Crippen LogP contribution in [-0.4, -0.2) is 15.5 Å². The molecule has 24 heavy (non-hydrogen) atoms. The van der Waals surface area contributed by atoms with Gasteiger partial charge in [-0.2, -0.15) is 0 Å². The van der Waals surface area contributed by atoms with Crippen LogP contribution in [-0.2, 0) is 4.79 Å². The van der Waals surface area contributed by atoms with Crippen LogP contribution in [0.5, 0.6) is 0 Å². The van der Waals surface area contributed by atoms with E-state index in [-0.39, 0.29) is 25.2 Å². The predicted molar refractivity (Wildman–Crippen MR) is 98.2 cm³/mol. The first-order valence-electron chi connectivity index (χ1n) is 8.21. The van der Waals surface area contributed by atoms with Crippen molar-refractivity contribution in [2.45, 2.75) is 53.5 Å². The molecule has 3 rings (SSSR count). The lowest BCUT2D eigenvalue weighted by molar-refractivity contribution is -0.120. The molecule has 1 aromatic heterocycles. The first-order chi connectivity index (χ1) is 11.0. The molecule has 1 aliphatic rings. The minimum absolute atomic E-state index is 0. The highest BCUT2D eigenvalue weighted by atomic mass is 16.2. The molecule has 0 spiro atoms. The molecule has 1 aliphatic carbocycles. The van der Waals surface area contributed by atoms with Gasteiger partial charge < -0.3 is 4.57 Å². The largest absolute Gasteiger partial charge is 0.308 e. The number of aromatic nitrogens is 2. The van der Waals surface area contributed by atoms with Crippen LogP contribution in [0.4, 0.5) is 11.6 Å². The van der Waals surface area contributed by atoms with Gasteiger partial charge in [-0.3, -0.25) is 10.1 Å². The summed E-state index contributed by atoms with van der Waals surface area (Å²) in [7, 11) is 0. The van der Waals surface area contributed by atoms with Gasteiger partial charge in [0.15, 0.2) is 5.69 Å². The van der Waals surface area contributed by atoms with Crippen molar-refractivity contribution in [1.82, 2.24) is 9.55 Å². The molecule has 1 aromatic carbocycles. The average molecular weight is 326 g/mol. The zero-order chi connectivity index (χ0) is 16.6. The summed E-state index contributed by atoms with van der Waals surface area (Å²) in [5, 5.41) is 3.00. The van der Waals surface area contributed by atoms with E-state index in [1.165, 1.54) is 6.42 Å². The maximum atomic E-state index is 12.4. The quantitative estimate of drug-likeness (QED) is 0.787. The first-order valence-corrected chi connectivity index (χ1v) is 8.21. The number of anilines is 1. The van der Waals surface area contributed by atoms with Crippen molar-refractivity contribution < 1.29 is 4.79 Å².